The maximum atomic E-state index is 12.4. The summed E-state index contributed by atoms with van der Waals surface area (Å²) in [5.41, 5.74) is -0.643. The molecular weight excluding hydrogens is 262 g/mol. The zero-order chi connectivity index (χ0) is 13.5. The maximum Gasteiger partial charge on any atom is 0.241 e. The van der Waals surface area contributed by atoms with Gasteiger partial charge in [-0.2, -0.15) is 0 Å². The molecule has 2 aromatic carbocycles. The fourth-order valence-electron chi connectivity index (χ4n) is 2.21. The summed E-state index contributed by atoms with van der Waals surface area (Å²) in [6.07, 6.45) is 1.38. The van der Waals surface area contributed by atoms with E-state index in [9.17, 15) is 13.5 Å². The Bertz CT molecular complexity index is 715. The molecule has 100 valence electrons. The lowest BCUT2D eigenvalue weighted by Gasteiger charge is -2.15. The summed E-state index contributed by atoms with van der Waals surface area (Å²) in [7, 11) is -3.60. The first-order valence-electron chi connectivity index (χ1n) is 6.19. The Balaban J connectivity index is 2.08. The van der Waals surface area contributed by atoms with Crippen LogP contribution in [-0.2, 0) is 10.0 Å². The second-order valence-electron chi connectivity index (χ2n) is 5.02. The largest absolute Gasteiger partial charge is 0.394 e. The van der Waals surface area contributed by atoms with Crippen LogP contribution in [0.4, 0.5) is 0 Å². The minimum atomic E-state index is -3.60. The van der Waals surface area contributed by atoms with Crippen LogP contribution in [0.3, 0.4) is 0 Å². The Morgan fingerprint density at radius 3 is 2.47 bits per heavy atom. The van der Waals surface area contributed by atoms with Gasteiger partial charge in [-0.1, -0.05) is 36.4 Å². The molecule has 0 aliphatic heterocycles. The third-order valence-electron chi connectivity index (χ3n) is 3.55. The molecular formula is C14H15NO3S. The highest BCUT2D eigenvalue weighted by molar-refractivity contribution is 7.89. The van der Waals surface area contributed by atoms with Crippen molar-refractivity contribution in [2.24, 2.45) is 0 Å². The lowest BCUT2D eigenvalue weighted by Crippen LogP contribution is -2.39. The van der Waals surface area contributed by atoms with Crippen molar-refractivity contribution in [3.05, 3.63) is 42.5 Å². The number of hydrogen-bond acceptors (Lipinski definition) is 3. The molecule has 3 rings (SSSR count). The van der Waals surface area contributed by atoms with Crippen molar-refractivity contribution >= 4 is 20.8 Å². The van der Waals surface area contributed by atoms with Crippen molar-refractivity contribution in [3.8, 4) is 0 Å². The highest BCUT2D eigenvalue weighted by Gasteiger charge is 2.45. The van der Waals surface area contributed by atoms with E-state index in [1.807, 2.05) is 24.3 Å². The Morgan fingerprint density at radius 2 is 1.79 bits per heavy atom. The fraction of sp³-hybridized carbons (Fsp3) is 0.286. The summed E-state index contributed by atoms with van der Waals surface area (Å²) in [4.78, 5) is 0.269. The van der Waals surface area contributed by atoms with Crippen molar-refractivity contribution in [3.63, 3.8) is 0 Å². The van der Waals surface area contributed by atoms with Crippen LogP contribution in [0, 0.1) is 0 Å². The van der Waals surface area contributed by atoms with Gasteiger partial charge in [0.1, 0.15) is 0 Å². The zero-order valence-corrected chi connectivity index (χ0v) is 11.2. The number of benzene rings is 2. The van der Waals surface area contributed by atoms with Crippen LogP contribution >= 0.6 is 0 Å². The van der Waals surface area contributed by atoms with E-state index in [4.69, 9.17) is 0 Å². The maximum absolute atomic E-state index is 12.4. The molecule has 2 N–H and O–H groups in total. The minimum absolute atomic E-state index is 0.156. The van der Waals surface area contributed by atoms with Crippen LogP contribution in [0.2, 0.25) is 0 Å². The number of fused-ring (bicyclic) bond motifs is 1. The van der Waals surface area contributed by atoms with Crippen LogP contribution in [0.25, 0.3) is 10.8 Å². The molecule has 0 spiro atoms. The smallest absolute Gasteiger partial charge is 0.241 e. The van der Waals surface area contributed by atoms with E-state index in [1.54, 1.807) is 18.2 Å². The van der Waals surface area contributed by atoms with Crippen LogP contribution in [0.1, 0.15) is 12.8 Å². The lowest BCUT2D eigenvalue weighted by atomic mass is 10.1. The lowest BCUT2D eigenvalue weighted by molar-refractivity contribution is 0.246. The van der Waals surface area contributed by atoms with E-state index in [2.05, 4.69) is 4.72 Å². The summed E-state index contributed by atoms with van der Waals surface area (Å²) >= 11 is 0. The molecule has 19 heavy (non-hydrogen) atoms. The van der Waals surface area contributed by atoms with E-state index in [-0.39, 0.29) is 11.5 Å². The number of sulfonamides is 1. The van der Waals surface area contributed by atoms with Gasteiger partial charge in [-0.05, 0) is 24.3 Å². The molecule has 0 heterocycles. The summed E-state index contributed by atoms with van der Waals surface area (Å²) < 4.78 is 27.5. The van der Waals surface area contributed by atoms with Crippen molar-refractivity contribution in [1.29, 1.82) is 0 Å². The van der Waals surface area contributed by atoms with Gasteiger partial charge in [0.15, 0.2) is 0 Å². The predicted molar refractivity (Wildman–Crippen MR) is 73.3 cm³/mol. The molecule has 0 saturated heterocycles. The molecule has 4 nitrogen and oxygen atoms in total. The number of aliphatic hydroxyl groups excluding tert-OH is 1. The molecule has 0 radical (unpaired) electrons. The molecule has 0 atom stereocenters. The molecule has 5 heteroatoms. The molecule has 2 aromatic rings. The average Bonchev–Trinajstić information content (AvgIpc) is 3.17. The standard InChI is InChI=1S/C14H15NO3S/c16-10-14(8-9-14)15-19(17,18)13-7-3-5-11-4-1-2-6-12(11)13/h1-7,15-16H,8-10H2. The summed E-state index contributed by atoms with van der Waals surface area (Å²) in [5, 5.41) is 10.8. The molecule has 0 amide bonds. The highest BCUT2D eigenvalue weighted by Crippen LogP contribution is 2.36. The second kappa shape index (κ2) is 4.30. The first kappa shape index (κ1) is 12.6. The Labute approximate surface area is 112 Å². The number of aliphatic hydroxyl groups is 1. The fourth-order valence-corrected chi connectivity index (χ4v) is 3.90. The van der Waals surface area contributed by atoms with Crippen LogP contribution in [0.15, 0.2) is 47.4 Å². The van der Waals surface area contributed by atoms with Gasteiger partial charge < -0.3 is 5.11 Å². The molecule has 1 aliphatic rings. The first-order valence-corrected chi connectivity index (χ1v) is 7.67. The van der Waals surface area contributed by atoms with Gasteiger partial charge in [-0.15, -0.1) is 0 Å². The van der Waals surface area contributed by atoms with E-state index in [1.165, 1.54) is 0 Å². The third kappa shape index (κ3) is 2.25. The molecule has 0 bridgehead atoms. The van der Waals surface area contributed by atoms with Crippen LogP contribution in [-0.4, -0.2) is 25.7 Å². The topological polar surface area (TPSA) is 66.4 Å². The third-order valence-corrected chi connectivity index (χ3v) is 5.18. The summed E-state index contributed by atoms with van der Waals surface area (Å²) in [5.74, 6) is 0. The van der Waals surface area contributed by atoms with Gasteiger partial charge in [0, 0.05) is 5.39 Å². The Morgan fingerprint density at radius 1 is 1.11 bits per heavy atom. The van der Waals surface area contributed by atoms with Gasteiger partial charge in [-0.3, -0.25) is 0 Å². The van der Waals surface area contributed by atoms with Gasteiger partial charge in [0.05, 0.1) is 17.0 Å². The Hall–Kier alpha value is -1.43. The highest BCUT2D eigenvalue weighted by atomic mass is 32.2. The van der Waals surface area contributed by atoms with Gasteiger partial charge in [0.2, 0.25) is 10.0 Å². The van der Waals surface area contributed by atoms with E-state index >= 15 is 0 Å². The van der Waals surface area contributed by atoms with Gasteiger partial charge in [-0.25, -0.2) is 13.1 Å². The van der Waals surface area contributed by atoms with E-state index < -0.39 is 15.6 Å². The van der Waals surface area contributed by atoms with E-state index in [0.29, 0.717) is 18.2 Å². The quantitative estimate of drug-likeness (QED) is 0.893. The van der Waals surface area contributed by atoms with Crippen molar-refractivity contribution in [2.45, 2.75) is 23.3 Å². The Kier molecular flexibility index (Phi) is 2.85. The van der Waals surface area contributed by atoms with E-state index in [0.717, 1.165) is 5.39 Å². The van der Waals surface area contributed by atoms with Crippen LogP contribution < -0.4 is 4.72 Å². The molecule has 1 fully saturated rings. The molecule has 0 aromatic heterocycles. The normalized spacial score (nSPS) is 17.5. The molecule has 0 unspecified atom stereocenters. The number of hydrogen-bond donors (Lipinski definition) is 2. The number of nitrogens with one attached hydrogen (secondary N) is 1. The van der Waals surface area contributed by atoms with Crippen molar-refractivity contribution in [1.82, 2.24) is 4.72 Å². The first-order chi connectivity index (χ1) is 9.06. The molecule has 1 aliphatic carbocycles. The average molecular weight is 277 g/mol. The van der Waals surface area contributed by atoms with Crippen LogP contribution in [0.5, 0.6) is 0 Å². The SMILES string of the molecule is O=S(=O)(NC1(CO)CC1)c1cccc2ccccc12. The minimum Gasteiger partial charge on any atom is -0.394 e. The second-order valence-corrected chi connectivity index (χ2v) is 6.67. The summed E-state index contributed by atoms with van der Waals surface area (Å²) in [6.45, 7) is -0.156. The van der Waals surface area contributed by atoms with Crippen molar-refractivity contribution < 1.29 is 13.5 Å². The van der Waals surface area contributed by atoms with Gasteiger partial charge in [0.25, 0.3) is 0 Å². The zero-order valence-electron chi connectivity index (χ0n) is 10.3. The molecule has 1 saturated carbocycles. The predicted octanol–water partition coefficient (Wildman–Crippen LogP) is 1.64. The number of rotatable bonds is 4. The van der Waals surface area contributed by atoms with Gasteiger partial charge >= 0.3 is 0 Å². The monoisotopic (exact) mass is 277 g/mol. The van der Waals surface area contributed by atoms with Crippen molar-refractivity contribution in [2.75, 3.05) is 6.61 Å². The summed E-state index contributed by atoms with van der Waals surface area (Å²) in [6, 6.07) is 12.6.